The minimum absolute atomic E-state index is 0.741. The molecule has 29 heavy (non-hydrogen) atoms. The van der Waals surface area contributed by atoms with Gasteiger partial charge in [-0.15, -0.1) is 11.3 Å². The Morgan fingerprint density at radius 2 is 1.17 bits per heavy atom. The summed E-state index contributed by atoms with van der Waals surface area (Å²) >= 11 is 1.82. The van der Waals surface area contributed by atoms with Crippen molar-refractivity contribution in [3.8, 4) is 11.5 Å². The smallest absolute Gasteiger partial charge is 0.120 e. The first-order valence-electron chi connectivity index (χ1n) is 10.9. The monoisotopic (exact) mass is 414 g/mol. The lowest BCUT2D eigenvalue weighted by atomic mass is 10.1. The number of thiophene rings is 1. The Bertz CT molecular complexity index is 808. The van der Waals surface area contributed by atoms with Gasteiger partial charge in [0.2, 0.25) is 0 Å². The van der Waals surface area contributed by atoms with Gasteiger partial charge in [-0.1, -0.05) is 13.8 Å². The van der Waals surface area contributed by atoms with Gasteiger partial charge >= 0.3 is 0 Å². The molecule has 4 nitrogen and oxygen atoms in total. The van der Waals surface area contributed by atoms with Crippen LogP contribution in [0.2, 0.25) is 0 Å². The highest BCUT2D eigenvalue weighted by atomic mass is 32.1. The molecule has 0 bridgehead atoms. The number of rotatable bonds is 14. The van der Waals surface area contributed by atoms with Crippen LogP contribution in [0.25, 0.3) is 20.2 Å². The molecule has 3 rings (SSSR count). The van der Waals surface area contributed by atoms with Crippen molar-refractivity contribution in [1.29, 1.82) is 0 Å². The van der Waals surface area contributed by atoms with Gasteiger partial charge in [-0.05, 0) is 88.3 Å². The van der Waals surface area contributed by atoms with Crippen LogP contribution in [0.3, 0.4) is 0 Å². The molecule has 5 heteroatoms. The van der Waals surface area contributed by atoms with Crippen molar-refractivity contribution in [2.24, 2.45) is 0 Å². The van der Waals surface area contributed by atoms with E-state index >= 15 is 0 Å². The first kappa shape index (κ1) is 21.9. The second-order valence-corrected chi connectivity index (χ2v) is 8.41. The maximum Gasteiger partial charge on any atom is 0.120 e. The Morgan fingerprint density at radius 1 is 0.690 bits per heavy atom. The lowest BCUT2D eigenvalue weighted by Gasteiger charge is -2.08. The molecule has 158 valence electrons. The quantitative estimate of drug-likeness (QED) is 0.337. The van der Waals surface area contributed by atoms with Crippen LogP contribution in [-0.4, -0.2) is 39.4 Å². The summed E-state index contributed by atoms with van der Waals surface area (Å²) in [5.74, 6) is 1.89. The fourth-order valence-electron chi connectivity index (χ4n) is 3.29. The fourth-order valence-corrected chi connectivity index (χ4v) is 4.36. The van der Waals surface area contributed by atoms with E-state index in [1.807, 2.05) is 11.3 Å². The predicted octanol–water partition coefficient (Wildman–Crippen LogP) is 5.59. The molecule has 3 aromatic rings. The summed E-state index contributed by atoms with van der Waals surface area (Å²) in [6.45, 7) is 10.0. The molecule has 0 saturated carbocycles. The number of hydrogen-bond donors (Lipinski definition) is 2. The SMILES string of the molecule is CCCNCCCOc1ccc2sc3ccc(OCCCNCCC)cc3c2c1. The summed E-state index contributed by atoms with van der Waals surface area (Å²) in [6, 6.07) is 12.9. The van der Waals surface area contributed by atoms with Gasteiger partial charge in [0.05, 0.1) is 13.2 Å². The molecular weight excluding hydrogens is 380 g/mol. The Labute approximate surface area is 178 Å². The summed E-state index contributed by atoms with van der Waals surface area (Å²) in [7, 11) is 0. The van der Waals surface area contributed by atoms with Crippen molar-refractivity contribution in [2.75, 3.05) is 39.4 Å². The van der Waals surface area contributed by atoms with Crippen molar-refractivity contribution < 1.29 is 9.47 Å². The van der Waals surface area contributed by atoms with E-state index in [2.05, 4.69) is 60.9 Å². The van der Waals surface area contributed by atoms with Gasteiger partial charge in [0.1, 0.15) is 11.5 Å². The van der Waals surface area contributed by atoms with E-state index in [1.165, 1.54) is 33.0 Å². The number of fused-ring (bicyclic) bond motifs is 3. The zero-order valence-electron chi connectivity index (χ0n) is 17.8. The molecule has 0 aliphatic heterocycles. The maximum atomic E-state index is 5.98. The molecule has 0 unspecified atom stereocenters. The molecule has 0 atom stereocenters. The Hall–Kier alpha value is -1.82. The highest BCUT2D eigenvalue weighted by Crippen LogP contribution is 2.37. The molecule has 0 amide bonds. The first-order valence-corrected chi connectivity index (χ1v) is 11.8. The summed E-state index contributed by atoms with van der Waals surface area (Å²) in [4.78, 5) is 0. The predicted molar refractivity (Wildman–Crippen MR) is 126 cm³/mol. The molecule has 0 radical (unpaired) electrons. The highest BCUT2D eigenvalue weighted by Gasteiger charge is 2.08. The number of hydrogen-bond acceptors (Lipinski definition) is 5. The normalized spacial score (nSPS) is 11.4. The van der Waals surface area contributed by atoms with E-state index in [1.54, 1.807) is 0 Å². The van der Waals surface area contributed by atoms with Crippen molar-refractivity contribution in [3.63, 3.8) is 0 Å². The molecule has 2 N–H and O–H groups in total. The molecule has 0 fully saturated rings. The second-order valence-electron chi connectivity index (χ2n) is 7.32. The largest absolute Gasteiger partial charge is 0.494 e. The topological polar surface area (TPSA) is 42.5 Å². The molecular formula is C24H34N2O2S. The van der Waals surface area contributed by atoms with Crippen LogP contribution in [0.15, 0.2) is 36.4 Å². The van der Waals surface area contributed by atoms with Gasteiger partial charge in [-0.25, -0.2) is 0 Å². The third-order valence-electron chi connectivity index (χ3n) is 4.80. The number of benzene rings is 2. The van der Waals surface area contributed by atoms with E-state index in [0.29, 0.717) is 0 Å². The van der Waals surface area contributed by atoms with Crippen LogP contribution >= 0.6 is 11.3 Å². The number of nitrogens with one attached hydrogen (secondary N) is 2. The Balaban J connectivity index is 1.60. The molecule has 2 aromatic carbocycles. The van der Waals surface area contributed by atoms with Gasteiger partial charge in [0.25, 0.3) is 0 Å². The molecule has 0 spiro atoms. The van der Waals surface area contributed by atoms with Crippen molar-refractivity contribution in [2.45, 2.75) is 39.5 Å². The van der Waals surface area contributed by atoms with Crippen molar-refractivity contribution in [3.05, 3.63) is 36.4 Å². The zero-order chi connectivity index (χ0) is 20.3. The van der Waals surface area contributed by atoms with E-state index in [9.17, 15) is 0 Å². The summed E-state index contributed by atoms with van der Waals surface area (Å²) in [5, 5.41) is 9.33. The molecule has 0 aliphatic rings. The van der Waals surface area contributed by atoms with Gasteiger partial charge in [0.15, 0.2) is 0 Å². The van der Waals surface area contributed by atoms with Crippen LogP contribution in [0.1, 0.15) is 39.5 Å². The Kier molecular flexibility index (Phi) is 9.06. The maximum absolute atomic E-state index is 5.98. The fraction of sp³-hybridized carbons (Fsp3) is 0.500. The van der Waals surface area contributed by atoms with Gasteiger partial charge < -0.3 is 20.1 Å². The first-order chi connectivity index (χ1) is 14.3. The van der Waals surface area contributed by atoms with Crippen molar-refractivity contribution in [1.82, 2.24) is 10.6 Å². The minimum atomic E-state index is 0.741. The Morgan fingerprint density at radius 3 is 1.62 bits per heavy atom. The zero-order valence-corrected chi connectivity index (χ0v) is 18.6. The molecule has 1 heterocycles. The van der Waals surface area contributed by atoms with Crippen LogP contribution in [-0.2, 0) is 0 Å². The average Bonchev–Trinajstić information content (AvgIpc) is 3.10. The summed E-state index contributed by atoms with van der Waals surface area (Å²) < 4.78 is 14.5. The molecule has 0 saturated heterocycles. The van der Waals surface area contributed by atoms with Crippen LogP contribution in [0.4, 0.5) is 0 Å². The van der Waals surface area contributed by atoms with E-state index in [4.69, 9.17) is 9.47 Å². The van der Waals surface area contributed by atoms with Crippen LogP contribution in [0.5, 0.6) is 11.5 Å². The van der Waals surface area contributed by atoms with Gasteiger partial charge in [-0.3, -0.25) is 0 Å². The molecule has 0 aliphatic carbocycles. The molecule has 1 aromatic heterocycles. The van der Waals surface area contributed by atoms with Crippen LogP contribution < -0.4 is 20.1 Å². The lowest BCUT2D eigenvalue weighted by Crippen LogP contribution is -2.18. The lowest BCUT2D eigenvalue weighted by molar-refractivity contribution is 0.308. The van der Waals surface area contributed by atoms with E-state index in [-0.39, 0.29) is 0 Å². The third kappa shape index (κ3) is 6.59. The van der Waals surface area contributed by atoms with E-state index in [0.717, 1.165) is 63.7 Å². The summed E-state index contributed by atoms with van der Waals surface area (Å²) in [5.41, 5.74) is 0. The van der Waals surface area contributed by atoms with Gasteiger partial charge in [-0.2, -0.15) is 0 Å². The van der Waals surface area contributed by atoms with Crippen LogP contribution in [0, 0.1) is 0 Å². The second kappa shape index (κ2) is 12.0. The number of ether oxygens (including phenoxy) is 2. The van der Waals surface area contributed by atoms with Crippen molar-refractivity contribution >= 4 is 31.5 Å². The van der Waals surface area contributed by atoms with E-state index < -0.39 is 0 Å². The average molecular weight is 415 g/mol. The summed E-state index contributed by atoms with van der Waals surface area (Å²) in [6.07, 6.45) is 4.38. The minimum Gasteiger partial charge on any atom is -0.494 e. The van der Waals surface area contributed by atoms with Gasteiger partial charge in [0, 0.05) is 20.2 Å². The highest BCUT2D eigenvalue weighted by molar-refractivity contribution is 7.25. The standard InChI is InChI=1S/C24H34N2O2S/c1-3-11-25-13-5-15-27-19-7-9-23-21(17-19)22-18-20(8-10-24(22)29-23)28-16-6-14-26-12-4-2/h7-10,17-18,25-26H,3-6,11-16H2,1-2H3. The third-order valence-corrected chi connectivity index (χ3v) is 5.95.